The van der Waals surface area contributed by atoms with E-state index in [2.05, 4.69) is 10.5 Å². The van der Waals surface area contributed by atoms with E-state index in [1.165, 1.54) is 34.6 Å². The Morgan fingerprint density at radius 1 is 1.24 bits per heavy atom. The molecule has 0 aromatic heterocycles. The molecule has 0 bridgehead atoms. The first-order chi connectivity index (χ1) is 13.8. The summed E-state index contributed by atoms with van der Waals surface area (Å²) in [5.41, 5.74) is 2.59. The Balaban J connectivity index is 1.90. The van der Waals surface area contributed by atoms with Crippen LogP contribution in [-0.2, 0) is 14.8 Å². The first kappa shape index (κ1) is 20.8. The Morgan fingerprint density at radius 3 is 2.59 bits per heavy atom. The molecule has 3 rings (SSSR count). The molecule has 1 heterocycles. The van der Waals surface area contributed by atoms with Gasteiger partial charge in [-0.2, -0.15) is 9.41 Å². The zero-order valence-electron chi connectivity index (χ0n) is 15.5. The standard InChI is InChI=1S/C18H19FN4O5S/c1-13(15-4-2-3-5-16(15)19)20-21-17-7-6-14(12-18(17)23(24)25)29(26,27)22-8-10-28-11-9-22/h2-7,12,21H,8-11H2,1H3. The van der Waals surface area contributed by atoms with Gasteiger partial charge >= 0.3 is 0 Å². The van der Waals surface area contributed by atoms with Gasteiger partial charge in [-0.05, 0) is 25.1 Å². The van der Waals surface area contributed by atoms with Gasteiger partial charge in [-0.15, -0.1) is 0 Å². The number of nitro benzene ring substituents is 1. The molecule has 154 valence electrons. The fourth-order valence-electron chi connectivity index (χ4n) is 2.81. The average Bonchev–Trinajstić information content (AvgIpc) is 2.72. The van der Waals surface area contributed by atoms with Crippen LogP contribution in [0.25, 0.3) is 0 Å². The van der Waals surface area contributed by atoms with Crippen molar-refractivity contribution in [2.24, 2.45) is 5.10 Å². The molecular formula is C18H19FN4O5S. The van der Waals surface area contributed by atoms with E-state index in [1.807, 2.05) is 0 Å². The minimum atomic E-state index is -3.88. The third kappa shape index (κ3) is 4.58. The van der Waals surface area contributed by atoms with Crippen LogP contribution in [0.5, 0.6) is 0 Å². The number of rotatable bonds is 6. The minimum Gasteiger partial charge on any atom is -0.379 e. The van der Waals surface area contributed by atoms with Crippen molar-refractivity contribution in [1.82, 2.24) is 4.31 Å². The highest BCUT2D eigenvalue weighted by Gasteiger charge is 2.28. The molecule has 2 aromatic rings. The van der Waals surface area contributed by atoms with Gasteiger partial charge in [0.15, 0.2) is 0 Å². The van der Waals surface area contributed by atoms with E-state index in [1.54, 1.807) is 13.0 Å². The van der Waals surface area contributed by atoms with Crippen molar-refractivity contribution in [2.45, 2.75) is 11.8 Å². The van der Waals surface area contributed by atoms with Crippen LogP contribution in [0, 0.1) is 15.9 Å². The number of sulfonamides is 1. The fraction of sp³-hybridized carbons (Fsp3) is 0.278. The smallest absolute Gasteiger partial charge is 0.295 e. The number of hydrazone groups is 1. The second-order valence-corrected chi connectivity index (χ2v) is 8.18. The summed E-state index contributed by atoms with van der Waals surface area (Å²) in [6.45, 7) is 2.45. The lowest BCUT2D eigenvalue weighted by Crippen LogP contribution is -2.40. The number of hydrogen-bond acceptors (Lipinski definition) is 7. The molecule has 0 aliphatic carbocycles. The molecule has 1 fully saturated rings. The molecule has 0 amide bonds. The summed E-state index contributed by atoms with van der Waals surface area (Å²) in [6, 6.07) is 9.52. The third-order valence-electron chi connectivity index (χ3n) is 4.38. The summed E-state index contributed by atoms with van der Waals surface area (Å²) >= 11 is 0. The summed E-state index contributed by atoms with van der Waals surface area (Å²) in [4.78, 5) is 10.6. The van der Waals surface area contributed by atoms with Gasteiger partial charge in [0.05, 0.1) is 28.7 Å². The van der Waals surface area contributed by atoms with E-state index >= 15 is 0 Å². The predicted molar refractivity (Wildman–Crippen MR) is 105 cm³/mol. The van der Waals surface area contributed by atoms with Crippen LogP contribution in [0.3, 0.4) is 0 Å². The van der Waals surface area contributed by atoms with Crippen molar-refractivity contribution in [1.29, 1.82) is 0 Å². The van der Waals surface area contributed by atoms with Crippen LogP contribution in [0.4, 0.5) is 15.8 Å². The van der Waals surface area contributed by atoms with Gasteiger partial charge in [-0.3, -0.25) is 15.5 Å². The molecule has 0 spiro atoms. The van der Waals surface area contributed by atoms with Crippen LogP contribution < -0.4 is 5.43 Å². The van der Waals surface area contributed by atoms with Gasteiger partial charge in [-0.25, -0.2) is 12.8 Å². The maximum atomic E-state index is 13.8. The van der Waals surface area contributed by atoms with E-state index in [0.717, 1.165) is 6.07 Å². The highest BCUT2D eigenvalue weighted by atomic mass is 32.2. The molecule has 1 N–H and O–H groups in total. The Labute approximate surface area is 167 Å². The molecular weight excluding hydrogens is 403 g/mol. The third-order valence-corrected chi connectivity index (χ3v) is 6.28. The number of anilines is 1. The fourth-order valence-corrected chi connectivity index (χ4v) is 4.24. The molecule has 0 unspecified atom stereocenters. The van der Waals surface area contributed by atoms with Crippen molar-refractivity contribution in [2.75, 3.05) is 31.7 Å². The monoisotopic (exact) mass is 422 g/mol. The van der Waals surface area contributed by atoms with Crippen molar-refractivity contribution >= 4 is 27.1 Å². The molecule has 9 nitrogen and oxygen atoms in total. The number of morpholine rings is 1. The van der Waals surface area contributed by atoms with Gasteiger partial charge in [0.2, 0.25) is 10.0 Å². The largest absolute Gasteiger partial charge is 0.379 e. The van der Waals surface area contributed by atoms with Gasteiger partial charge in [-0.1, -0.05) is 18.2 Å². The highest BCUT2D eigenvalue weighted by Crippen LogP contribution is 2.29. The van der Waals surface area contributed by atoms with E-state index < -0.39 is 26.5 Å². The Bertz CT molecular complexity index is 1050. The minimum absolute atomic E-state index is 0.00776. The second-order valence-electron chi connectivity index (χ2n) is 6.24. The number of nitrogens with one attached hydrogen (secondary N) is 1. The molecule has 2 aromatic carbocycles. The molecule has 11 heteroatoms. The molecule has 1 aliphatic heterocycles. The van der Waals surface area contributed by atoms with E-state index in [4.69, 9.17) is 4.74 Å². The number of nitrogens with zero attached hydrogens (tertiary/aromatic N) is 3. The lowest BCUT2D eigenvalue weighted by Gasteiger charge is -2.26. The van der Waals surface area contributed by atoms with Gasteiger partial charge in [0, 0.05) is 24.7 Å². The van der Waals surface area contributed by atoms with Crippen LogP contribution in [0.2, 0.25) is 0 Å². The topological polar surface area (TPSA) is 114 Å². The van der Waals surface area contributed by atoms with Crippen molar-refractivity contribution in [3.63, 3.8) is 0 Å². The number of benzene rings is 2. The summed E-state index contributed by atoms with van der Waals surface area (Å²) in [5, 5.41) is 15.5. The Kier molecular flexibility index (Phi) is 6.20. The summed E-state index contributed by atoms with van der Waals surface area (Å²) in [6.07, 6.45) is 0. The van der Waals surface area contributed by atoms with Gasteiger partial charge < -0.3 is 4.74 Å². The molecule has 0 atom stereocenters. The van der Waals surface area contributed by atoms with Gasteiger partial charge in [0.25, 0.3) is 5.69 Å². The lowest BCUT2D eigenvalue weighted by molar-refractivity contribution is -0.384. The normalized spacial score (nSPS) is 15.9. The van der Waals surface area contributed by atoms with Crippen LogP contribution in [-0.4, -0.2) is 49.7 Å². The number of halogens is 1. The molecule has 0 radical (unpaired) electrons. The maximum Gasteiger partial charge on any atom is 0.295 e. The number of ether oxygens (including phenoxy) is 1. The molecule has 0 saturated carbocycles. The van der Waals surface area contributed by atoms with Crippen LogP contribution in [0.1, 0.15) is 12.5 Å². The lowest BCUT2D eigenvalue weighted by atomic mass is 10.1. The molecule has 29 heavy (non-hydrogen) atoms. The van der Waals surface area contributed by atoms with E-state index in [0.29, 0.717) is 0 Å². The average molecular weight is 422 g/mol. The predicted octanol–water partition coefficient (Wildman–Crippen LogP) is 2.59. The van der Waals surface area contributed by atoms with E-state index in [9.17, 15) is 22.9 Å². The first-order valence-electron chi connectivity index (χ1n) is 8.72. The first-order valence-corrected chi connectivity index (χ1v) is 10.2. The number of hydrogen-bond donors (Lipinski definition) is 1. The zero-order chi connectivity index (χ0) is 21.0. The summed E-state index contributed by atoms with van der Waals surface area (Å²) in [7, 11) is -3.88. The van der Waals surface area contributed by atoms with Crippen molar-refractivity contribution in [3.8, 4) is 0 Å². The van der Waals surface area contributed by atoms with Crippen molar-refractivity contribution < 1.29 is 22.5 Å². The molecule has 1 saturated heterocycles. The van der Waals surface area contributed by atoms with Crippen LogP contribution in [0.15, 0.2) is 52.5 Å². The maximum absolute atomic E-state index is 13.8. The zero-order valence-corrected chi connectivity index (χ0v) is 16.4. The second kappa shape index (κ2) is 8.64. The summed E-state index contributed by atoms with van der Waals surface area (Å²) < 4.78 is 45.6. The van der Waals surface area contributed by atoms with Crippen LogP contribution >= 0.6 is 0 Å². The van der Waals surface area contributed by atoms with E-state index in [-0.39, 0.29) is 48.2 Å². The Morgan fingerprint density at radius 2 is 1.93 bits per heavy atom. The number of nitro groups is 1. The summed E-state index contributed by atoms with van der Waals surface area (Å²) in [5.74, 6) is -0.475. The van der Waals surface area contributed by atoms with Gasteiger partial charge in [0.1, 0.15) is 11.5 Å². The van der Waals surface area contributed by atoms with Crippen molar-refractivity contribution in [3.05, 3.63) is 64.0 Å². The molecule has 1 aliphatic rings. The SMILES string of the molecule is CC(=NNc1ccc(S(=O)(=O)N2CCOCC2)cc1[N+](=O)[O-])c1ccccc1F. The highest BCUT2D eigenvalue weighted by molar-refractivity contribution is 7.89. The Hall–Kier alpha value is -2.89. The quantitative estimate of drug-likeness (QED) is 0.435.